The molecule has 1 aliphatic heterocycles. The Balaban J connectivity index is 2.16. The van der Waals surface area contributed by atoms with Crippen molar-refractivity contribution in [2.75, 3.05) is 30.8 Å². The Morgan fingerprint density at radius 1 is 1.33 bits per heavy atom. The lowest BCUT2D eigenvalue weighted by Gasteiger charge is -2.44. The predicted molar refractivity (Wildman–Crippen MR) is 108 cm³/mol. The number of carbonyl (C=O) groups is 1. The van der Waals surface area contributed by atoms with Gasteiger partial charge < -0.3 is 26.0 Å². The number of ether oxygens (including phenoxy) is 1. The van der Waals surface area contributed by atoms with Crippen LogP contribution in [0.25, 0.3) is 5.57 Å². The lowest BCUT2D eigenvalue weighted by Crippen LogP contribution is -2.60. The molecule has 12 heteroatoms. The first-order valence-corrected chi connectivity index (χ1v) is 9.11. The summed E-state index contributed by atoms with van der Waals surface area (Å²) in [4.78, 5) is 26.3. The Bertz CT molecular complexity index is 856. The number of allylic oxidation sites excluding steroid dienone is 1. The number of anilines is 2. The van der Waals surface area contributed by atoms with E-state index in [1.165, 1.54) is 17.9 Å². The van der Waals surface area contributed by atoms with E-state index in [0.29, 0.717) is 18.9 Å². The highest BCUT2D eigenvalue weighted by atomic mass is 19.4. The first-order chi connectivity index (χ1) is 13.7. The molecular weight excluding hydrogens is 403 g/mol. The SMILES string of the molecule is CC(=NC(F)(F)F)C(=CN)c1cc(N2CC(N(C)C(=O)OC(C)(C)C)C2)nc(N)n1. The molecule has 30 heavy (non-hydrogen) atoms. The molecule has 0 unspecified atom stereocenters. The Morgan fingerprint density at radius 2 is 1.93 bits per heavy atom. The molecule has 1 aliphatic rings. The van der Waals surface area contributed by atoms with Crippen molar-refractivity contribution in [1.82, 2.24) is 14.9 Å². The van der Waals surface area contributed by atoms with Crippen LogP contribution in [0.4, 0.5) is 29.7 Å². The average Bonchev–Trinajstić information content (AvgIpc) is 2.50. The van der Waals surface area contributed by atoms with Crippen LogP contribution >= 0.6 is 0 Å². The van der Waals surface area contributed by atoms with Crippen LogP contribution in [0.5, 0.6) is 0 Å². The number of hydrogen-bond acceptors (Lipinski definition) is 8. The van der Waals surface area contributed by atoms with Crippen LogP contribution in [-0.4, -0.2) is 64.8 Å². The molecule has 4 N–H and O–H groups in total. The number of likely N-dealkylation sites (N-methyl/N-ethyl adjacent to an activating group) is 1. The van der Waals surface area contributed by atoms with E-state index in [1.54, 1.807) is 27.8 Å². The first-order valence-electron chi connectivity index (χ1n) is 9.11. The van der Waals surface area contributed by atoms with E-state index in [4.69, 9.17) is 16.2 Å². The second-order valence-corrected chi connectivity index (χ2v) is 7.87. The van der Waals surface area contributed by atoms with Gasteiger partial charge in [-0.3, -0.25) is 0 Å². The van der Waals surface area contributed by atoms with Crippen molar-refractivity contribution in [2.45, 2.75) is 45.6 Å². The Labute approximate surface area is 172 Å². The molecule has 0 saturated carbocycles. The topological polar surface area (TPSA) is 123 Å². The van der Waals surface area contributed by atoms with Crippen LogP contribution in [0, 0.1) is 0 Å². The van der Waals surface area contributed by atoms with E-state index in [-0.39, 0.29) is 29.0 Å². The number of nitrogens with two attached hydrogens (primary N) is 2. The number of halogens is 3. The summed E-state index contributed by atoms with van der Waals surface area (Å²) in [6.07, 6.45) is -4.19. The summed E-state index contributed by atoms with van der Waals surface area (Å²) in [5.41, 5.74) is 10.4. The molecule has 1 amide bonds. The maximum atomic E-state index is 12.6. The van der Waals surface area contributed by atoms with Gasteiger partial charge in [0.25, 0.3) is 0 Å². The summed E-state index contributed by atoms with van der Waals surface area (Å²) in [6, 6.07) is 1.37. The van der Waals surface area contributed by atoms with E-state index in [0.717, 1.165) is 6.20 Å². The molecule has 0 atom stereocenters. The van der Waals surface area contributed by atoms with Crippen molar-refractivity contribution in [3.63, 3.8) is 0 Å². The van der Waals surface area contributed by atoms with Crippen LogP contribution in [0.3, 0.4) is 0 Å². The molecule has 1 aromatic rings. The highest BCUT2D eigenvalue weighted by Crippen LogP contribution is 2.27. The largest absolute Gasteiger partial charge is 0.503 e. The van der Waals surface area contributed by atoms with Crippen molar-refractivity contribution >= 4 is 29.1 Å². The van der Waals surface area contributed by atoms with Gasteiger partial charge >= 0.3 is 12.4 Å². The van der Waals surface area contributed by atoms with Gasteiger partial charge in [0.1, 0.15) is 11.4 Å². The van der Waals surface area contributed by atoms with Gasteiger partial charge in [-0.1, -0.05) is 0 Å². The fourth-order valence-electron chi connectivity index (χ4n) is 2.76. The fourth-order valence-corrected chi connectivity index (χ4v) is 2.76. The molecule has 2 heterocycles. The van der Waals surface area contributed by atoms with Crippen LogP contribution in [0.15, 0.2) is 17.3 Å². The Hall–Kier alpha value is -3.05. The molecule has 2 rings (SSSR count). The monoisotopic (exact) mass is 429 g/mol. The van der Waals surface area contributed by atoms with Crippen LogP contribution in [0.1, 0.15) is 33.4 Å². The molecule has 0 aliphatic carbocycles. The van der Waals surface area contributed by atoms with E-state index in [1.807, 2.05) is 4.90 Å². The number of amides is 1. The molecule has 1 aromatic heterocycles. The number of hydrogen-bond donors (Lipinski definition) is 2. The van der Waals surface area contributed by atoms with Crippen molar-refractivity contribution < 1.29 is 22.7 Å². The molecule has 9 nitrogen and oxygen atoms in total. The molecule has 0 spiro atoms. The Morgan fingerprint density at radius 3 is 2.43 bits per heavy atom. The van der Waals surface area contributed by atoms with Crippen LogP contribution < -0.4 is 16.4 Å². The normalized spacial score (nSPS) is 16.3. The summed E-state index contributed by atoms with van der Waals surface area (Å²) < 4.78 is 43.1. The molecule has 1 fully saturated rings. The molecule has 1 saturated heterocycles. The van der Waals surface area contributed by atoms with E-state index < -0.39 is 18.0 Å². The van der Waals surface area contributed by atoms with Gasteiger partial charge in [0.15, 0.2) is 0 Å². The van der Waals surface area contributed by atoms with Crippen molar-refractivity contribution in [3.05, 3.63) is 18.0 Å². The highest BCUT2D eigenvalue weighted by molar-refractivity contribution is 6.22. The third-order valence-electron chi connectivity index (χ3n) is 4.27. The van der Waals surface area contributed by atoms with E-state index in [9.17, 15) is 18.0 Å². The molecule has 0 radical (unpaired) electrons. The number of alkyl halides is 3. The summed E-state index contributed by atoms with van der Waals surface area (Å²) in [5, 5.41) is 0. The van der Waals surface area contributed by atoms with Gasteiger partial charge in [-0.15, -0.1) is 13.2 Å². The standard InChI is InChI=1S/C18H26F3N7O2/c1-10(26-18(19,20)21)12(7-22)13-6-14(25-15(23)24-13)28-8-11(9-28)27(5)16(29)30-17(2,3)4/h6-7,11H,8-9,22H2,1-5H3,(H2,23,24,25). The van der Waals surface area contributed by atoms with E-state index in [2.05, 4.69) is 15.0 Å². The van der Waals surface area contributed by atoms with Gasteiger partial charge in [0.05, 0.1) is 17.4 Å². The number of nitrogens with zero attached hydrogens (tertiary/aromatic N) is 5. The summed E-state index contributed by atoms with van der Waals surface area (Å²) in [6.45, 7) is 7.42. The fraction of sp³-hybridized carbons (Fsp3) is 0.556. The summed E-state index contributed by atoms with van der Waals surface area (Å²) in [7, 11) is 1.64. The number of carbonyl (C=O) groups excluding carboxylic acids is 1. The second-order valence-electron chi connectivity index (χ2n) is 7.87. The minimum atomic E-state index is -4.74. The zero-order valence-corrected chi connectivity index (χ0v) is 17.5. The minimum Gasteiger partial charge on any atom is -0.444 e. The quantitative estimate of drug-likeness (QED) is 0.556. The van der Waals surface area contributed by atoms with Crippen molar-refractivity contribution in [3.8, 4) is 0 Å². The minimum absolute atomic E-state index is 0.00868. The number of rotatable bonds is 4. The third-order valence-corrected chi connectivity index (χ3v) is 4.27. The highest BCUT2D eigenvalue weighted by Gasteiger charge is 2.35. The van der Waals surface area contributed by atoms with Gasteiger partial charge in [-0.2, -0.15) is 9.98 Å². The first kappa shape index (κ1) is 23.2. The predicted octanol–water partition coefficient (Wildman–Crippen LogP) is 2.39. The van der Waals surface area contributed by atoms with Crippen LogP contribution in [-0.2, 0) is 4.74 Å². The average molecular weight is 429 g/mol. The third kappa shape index (κ3) is 5.97. The summed E-state index contributed by atoms with van der Waals surface area (Å²) in [5.74, 6) is 0.288. The van der Waals surface area contributed by atoms with Gasteiger partial charge in [0, 0.05) is 38.0 Å². The molecule has 166 valence electrons. The van der Waals surface area contributed by atoms with Gasteiger partial charge in [-0.05, 0) is 27.7 Å². The van der Waals surface area contributed by atoms with E-state index >= 15 is 0 Å². The smallest absolute Gasteiger partial charge is 0.444 e. The maximum Gasteiger partial charge on any atom is 0.503 e. The zero-order chi connectivity index (χ0) is 22.9. The van der Waals surface area contributed by atoms with Gasteiger partial charge in [-0.25, -0.2) is 9.78 Å². The number of nitrogen functional groups attached to an aromatic ring is 1. The van der Waals surface area contributed by atoms with Crippen molar-refractivity contribution in [1.29, 1.82) is 0 Å². The maximum absolute atomic E-state index is 12.6. The lowest BCUT2D eigenvalue weighted by atomic mass is 10.1. The van der Waals surface area contributed by atoms with Crippen molar-refractivity contribution in [2.24, 2.45) is 10.7 Å². The molecular formula is C18H26F3N7O2. The number of aromatic nitrogens is 2. The lowest BCUT2D eigenvalue weighted by molar-refractivity contribution is -0.119. The van der Waals surface area contributed by atoms with Crippen LogP contribution in [0.2, 0.25) is 0 Å². The zero-order valence-electron chi connectivity index (χ0n) is 17.5. The molecule has 0 aromatic carbocycles. The van der Waals surface area contributed by atoms with Gasteiger partial charge in [0.2, 0.25) is 5.95 Å². The molecule has 0 bridgehead atoms. The second kappa shape index (κ2) is 8.36. The Kier molecular flexibility index (Phi) is 6.48. The summed E-state index contributed by atoms with van der Waals surface area (Å²) >= 11 is 0. The number of aliphatic imine (C=N–C) groups is 1.